The molecule has 15 heavy (non-hydrogen) atoms. The Hall–Kier alpha value is -1.54. The van der Waals surface area contributed by atoms with Crippen LogP contribution in [0.25, 0.3) is 0 Å². The Morgan fingerprint density at radius 2 is 2.00 bits per heavy atom. The molecule has 1 fully saturated rings. The van der Waals surface area contributed by atoms with E-state index in [0.29, 0.717) is 0 Å². The SMILES string of the molecule is CO[C@@H]1C[C@@H](OC(=O)O)N(OC(=O)O)C1. The van der Waals surface area contributed by atoms with E-state index in [2.05, 4.69) is 9.57 Å². The highest BCUT2D eigenvalue weighted by Gasteiger charge is 2.37. The number of methoxy groups -OCH3 is 1. The fourth-order valence-corrected chi connectivity index (χ4v) is 1.33. The molecule has 1 heterocycles. The summed E-state index contributed by atoms with van der Waals surface area (Å²) in [7, 11) is 1.44. The average molecular weight is 221 g/mol. The normalized spacial score (nSPS) is 26.2. The Morgan fingerprint density at radius 1 is 1.33 bits per heavy atom. The topological polar surface area (TPSA) is 106 Å². The van der Waals surface area contributed by atoms with Crippen LogP contribution in [0, 0.1) is 0 Å². The van der Waals surface area contributed by atoms with E-state index in [1.165, 1.54) is 7.11 Å². The van der Waals surface area contributed by atoms with Gasteiger partial charge in [-0.25, -0.2) is 9.59 Å². The average Bonchev–Trinajstić information content (AvgIpc) is 2.46. The van der Waals surface area contributed by atoms with Crippen LogP contribution in [0.3, 0.4) is 0 Å². The lowest BCUT2D eigenvalue weighted by atomic mass is 10.3. The van der Waals surface area contributed by atoms with Crippen molar-refractivity contribution in [2.75, 3.05) is 13.7 Å². The van der Waals surface area contributed by atoms with E-state index in [0.717, 1.165) is 5.06 Å². The highest BCUT2D eigenvalue weighted by Crippen LogP contribution is 2.21. The van der Waals surface area contributed by atoms with Gasteiger partial charge >= 0.3 is 12.3 Å². The number of hydroxylamine groups is 2. The van der Waals surface area contributed by atoms with Gasteiger partial charge < -0.3 is 24.5 Å². The molecule has 86 valence electrons. The van der Waals surface area contributed by atoms with Gasteiger partial charge in [-0.3, -0.25) is 0 Å². The molecular weight excluding hydrogens is 210 g/mol. The van der Waals surface area contributed by atoms with Gasteiger partial charge in [0.2, 0.25) is 0 Å². The second kappa shape index (κ2) is 4.80. The number of ether oxygens (including phenoxy) is 2. The summed E-state index contributed by atoms with van der Waals surface area (Å²) in [6.07, 6.45) is -4.05. The number of nitrogens with zero attached hydrogens (tertiary/aromatic N) is 1. The fraction of sp³-hybridized carbons (Fsp3) is 0.714. The first-order valence-corrected chi connectivity index (χ1v) is 4.13. The first-order valence-electron chi connectivity index (χ1n) is 4.13. The summed E-state index contributed by atoms with van der Waals surface area (Å²) in [5.41, 5.74) is 0. The molecule has 0 spiro atoms. The zero-order valence-corrected chi connectivity index (χ0v) is 7.95. The van der Waals surface area contributed by atoms with E-state index in [1.54, 1.807) is 0 Å². The van der Waals surface area contributed by atoms with Crippen LogP contribution in [0.5, 0.6) is 0 Å². The highest BCUT2D eigenvalue weighted by molar-refractivity contribution is 5.57. The minimum atomic E-state index is -1.52. The van der Waals surface area contributed by atoms with E-state index >= 15 is 0 Å². The smallest absolute Gasteiger partial charge is 0.450 e. The molecule has 8 nitrogen and oxygen atoms in total. The molecule has 0 saturated carbocycles. The van der Waals surface area contributed by atoms with E-state index in [4.69, 9.17) is 14.9 Å². The van der Waals surface area contributed by atoms with Gasteiger partial charge in [-0.2, -0.15) is 0 Å². The van der Waals surface area contributed by atoms with Crippen molar-refractivity contribution < 1.29 is 34.1 Å². The summed E-state index contributed by atoms with van der Waals surface area (Å²) in [6.45, 7) is 0.140. The van der Waals surface area contributed by atoms with Crippen molar-refractivity contribution in [2.24, 2.45) is 0 Å². The van der Waals surface area contributed by atoms with Crippen LogP contribution in [0.1, 0.15) is 6.42 Å². The molecule has 1 aliphatic heterocycles. The quantitative estimate of drug-likeness (QED) is 0.657. The lowest BCUT2D eigenvalue weighted by Crippen LogP contribution is -2.35. The zero-order chi connectivity index (χ0) is 11.4. The van der Waals surface area contributed by atoms with Crippen LogP contribution in [-0.2, 0) is 14.3 Å². The van der Waals surface area contributed by atoms with E-state index in [-0.39, 0.29) is 19.1 Å². The Morgan fingerprint density at radius 3 is 2.47 bits per heavy atom. The molecular formula is C7H11NO7. The second-order valence-corrected chi connectivity index (χ2v) is 2.89. The van der Waals surface area contributed by atoms with Gasteiger partial charge in [-0.15, -0.1) is 0 Å². The lowest BCUT2D eigenvalue weighted by molar-refractivity contribution is -0.189. The summed E-state index contributed by atoms with van der Waals surface area (Å²) in [4.78, 5) is 24.9. The molecule has 8 heteroatoms. The Kier molecular flexibility index (Phi) is 3.69. The second-order valence-electron chi connectivity index (χ2n) is 2.89. The third-order valence-electron chi connectivity index (χ3n) is 1.93. The maximum Gasteiger partial charge on any atom is 0.525 e. The standard InChI is InChI=1S/C7H11NO7/c1-13-4-2-5(14-6(9)10)8(3-4)15-7(11)12/h4-5H,2-3H2,1H3,(H,9,10)(H,11,12)/t4-,5-/m1/s1. The van der Waals surface area contributed by atoms with Crippen molar-refractivity contribution >= 4 is 12.3 Å². The van der Waals surface area contributed by atoms with E-state index < -0.39 is 18.5 Å². The molecule has 0 unspecified atom stereocenters. The molecule has 0 radical (unpaired) electrons. The molecule has 2 atom stereocenters. The molecule has 0 bridgehead atoms. The molecule has 0 amide bonds. The van der Waals surface area contributed by atoms with Crippen LogP contribution < -0.4 is 0 Å². The molecule has 2 N–H and O–H groups in total. The van der Waals surface area contributed by atoms with Gasteiger partial charge in [0.25, 0.3) is 0 Å². The van der Waals surface area contributed by atoms with Gasteiger partial charge in [0.15, 0.2) is 6.23 Å². The van der Waals surface area contributed by atoms with Crippen molar-refractivity contribution in [2.45, 2.75) is 18.8 Å². The van der Waals surface area contributed by atoms with E-state index in [1.807, 2.05) is 0 Å². The number of rotatable bonds is 3. The molecule has 1 aliphatic rings. The van der Waals surface area contributed by atoms with Crippen LogP contribution in [0.4, 0.5) is 9.59 Å². The van der Waals surface area contributed by atoms with Crippen molar-refractivity contribution in [3.8, 4) is 0 Å². The maximum absolute atomic E-state index is 10.3. The highest BCUT2D eigenvalue weighted by atomic mass is 16.8. The van der Waals surface area contributed by atoms with Crippen LogP contribution >= 0.6 is 0 Å². The van der Waals surface area contributed by atoms with Crippen LogP contribution in [-0.4, -0.2) is 53.6 Å². The number of carboxylic acid groups (broad SMARTS) is 2. The summed E-state index contributed by atoms with van der Waals surface area (Å²) < 4.78 is 9.38. The summed E-state index contributed by atoms with van der Waals surface area (Å²) in [5.74, 6) is 0. The van der Waals surface area contributed by atoms with Gasteiger partial charge in [0, 0.05) is 13.5 Å². The van der Waals surface area contributed by atoms with E-state index in [9.17, 15) is 9.59 Å². The van der Waals surface area contributed by atoms with Crippen molar-refractivity contribution in [3.05, 3.63) is 0 Å². The summed E-state index contributed by atoms with van der Waals surface area (Å²) in [6, 6.07) is 0. The first kappa shape index (κ1) is 11.5. The van der Waals surface area contributed by atoms with Gasteiger partial charge in [-0.05, 0) is 0 Å². The molecule has 0 aliphatic carbocycles. The monoisotopic (exact) mass is 221 g/mol. The third-order valence-corrected chi connectivity index (χ3v) is 1.93. The summed E-state index contributed by atoms with van der Waals surface area (Å²) >= 11 is 0. The largest absolute Gasteiger partial charge is 0.525 e. The predicted molar refractivity (Wildman–Crippen MR) is 44.1 cm³/mol. The van der Waals surface area contributed by atoms with Gasteiger partial charge in [0.1, 0.15) is 0 Å². The Bertz CT molecular complexity index is 232. The van der Waals surface area contributed by atoms with Crippen molar-refractivity contribution in [1.29, 1.82) is 0 Å². The molecule has 0 aromatic heterocycles. The third kappa shape index (κ3) is 3.26. The summed E-state index contributed by atoms with van der Waals surface area (Å²) in [5, 5.41) is 17.7. The van der Waals surface area contributed by atoms with Crippen LogP contribution in [0.2, 0.25) is 0 Å². The lowest BCUT2D eigenvalue weighted by Gasteiger charge is -2.19. The molecule has 0 aromatic carbocycles. The number of carbonyl (C=O) groups is 2. The minimum Gasteiger partial charge on any atom is -0.450 e. The minimum absolute atomic E-state index is 0.140. The molecule has 1 rings (SSSR count). The molecule has 1 saturated heterocycles. The van der Waals surface area contributed by atoms with Crippen LogP contribution in [0.15, 0.2) is 0 Å². The maximum atomic E-state index is 10.3. The number of hydrogen-bond acceptors (Lipinski definition) is 6. The van der Waals surface area contributed by atoms with Gasteiger partial charge in [-0.1, -0.05) is 5.06 Å². The fourth-order valence-electron chi connectivity index (χ4n) is 1.33. The van der Waals surface area contributed by atoms with Gasteiger partial charge in [0.05, 0.1) is 12.6 Å². The first-order chi connectivity index (χ1) is 7.02. The van der Waals surface area contributed by atoms with Crippen molar-refractivity contribution in [1.82, 2.24) is 5.06 Å². The predicted octanol–water partition coefficient (Wildman–Crippen LogP) is 0.337. The molecule has 0 aromatic rings. The number of hydrogen-bond donors (Lipinski definition) is 2. The Balaban J connectivity index is 2.56. The Labute approximate surface area is 84.9 Å². The van der Waals surface area contributed by atoms with Crippen molar-refractivity contribution in [3.63, 3.8) is 0 Å². The zero-order valence-electron chi connectivity index (χ0n) is 7.95.